The van der Waals surface area contributed by atoms with Gasteiger partial charge in [0.15, 0.2) is 0 Å². The highest BCUT2D eigenvalue weighted by Gasteiger charge is 2.52. The SMILES string of the molecule is O=C(Cc1ccc(-c2ccccc2)cc1)N1CC(N2C(=O)C3CC=CCC3C2=O)C1. The summed E-state index contributed by atoms with van der Waals surface area (Å²) < 4.78 is 0. The Kier molecular flexibility index (Phi) is 4.74. The summed E-state index contributed by atoms with van der Waals surface area (Å²) in [6.07, 6.45) is 5.63. The Labute approximate surface area is 176 Å². The van der Waals surface area contributed by atoms with Gasteiger partial charge in [0, 0.05) is 13.1 Å². The quantitative estimate of drug-likeness (QED) is 0.586. The molecule has 3 aliphatic rings. The van der Waals surface area contributed by atoms with Crippen LogP contribution in [0.1, 0.15) is 18.4 Å². The minimum Gasteiger partial charge on any atom is -0.338 e. The first kappa shape index (κ1) is 18.8. The number of carbonyl (C=O) groups is 3. The molecule has 0 saturated carbocycles. The van der Waals surface area contributed by atoms with E-state index in [4.69, 9.17) is 0 Å². The monoisotopic (exact) mass is 400 g/mol. The maximum Gasteiger partial charge on any atom is 0.233 e. The number of likely N-dealkylation sites (tertiary alicyclic amines) is 2. The van der Waals surface area contributed by atoms with Crippen LogP contribution < -0.4 is 0 Å². The van der Waals surface area contributed by atoms with Crippen LogP contribution in [0.5, 0.6) is 0 Å². The number of hydrogen-bond donors (Lipinski definition) is 0. The first-order chi connectivity index (χ1) is 14.6. The Morgan fingerprint density at radius 3 is 1.97 bits per heavy atom. The van der Waals surface area contributed by atoms with Crippen molar-refractivity contribution in [2.75, 3.05) is 13.1 Å². The van der Waals surface area contributed by atoms with Crippen molar-refractivity contribution in [1.29, 1.82) is 0 Å². The van der Waals surface area contributed by atoms with E-state index in [1.807, 2.05) is 54.6 Å². The molecule has 0 spiro atoms. The first-order valence-corrected chi connectivity index (χ1v) is 10.6. The number of amides is 3. The Bertz CT molecular complexity index is 980. The summed E-state index contributed by atoms with van der Waals surface area (Å²) in [5.74, 6) is -0.464. The summed E-state index contributed by atoms with van der Waals surface area (Å²) in [6.45, 7) is 0.899. The zero-order valence-corrected chi connectivity index (χ0v) is 16.7. The van der Waals surface area contributed by atoms with Gasteiger partial charge in [-0.1, -0.05) is 66.7 Å². The van der Waals surface area contributed by atoms with Gasteiger partial charge < -0.3 is 4.90 Å². The summed E-state index contributed by atoms with van der Waals surface area (Å²) in [5.41, 5.74) is 3.24. The molecule has 5 nitrogen and oxygen atoms in total. The predicted octanol–water partition coefficient (Wildman–Crippen LogP) is 3.06. The van der Waals surface area contributed by atoms with Crippen molar-refractivity contribution in [2.45, 2.75) is 25.3 Å². The van der Waals surface area contributed by atoms with Crippen molar-refractivity contribution in [3.8, 4) is 11.1 Å². The van der Waals surface area contributed by atoms with Crippen molar-refractivity contribution in [2.24, 2.45) is 11.8 Å². The van der Waals surface area contributed by atoms with Gasteiger partial charge in [-0.25, -0.2) is 0 Å². The molecule has 2 aliphatic heterocycles. The Morgan fingerprint density at radius 2 is 1.37 bits per heavy atom. The van der Waals surface area contributed by atoms with E-state index in [0.29, 0.717) is 32.4 Å². The third-order valence-electron chi connectivity index (χ3n) is 6.54. The van der Waals surface area contributed by atoms with Crippen molar-refractivity contribution in [1.82, 2.24) is 9.80 Å². The van der Waals surface area contributed by atoms with E-state index in [1.54, 1.807) is 4.90 Å². The van der Waals surface area contributed by atoms with Crippen LogP contribution in [-0.4, -0.2) is 46.7 Å². The number of nitrogens with zero attached hydrogens (tertiary/aromatic N) is 2. The third-order valence-corrected chi connectivity index (χ3v) is 6.54. The second kappa shape index (κ2) is 7.56. The molecule has 1 aliphatic carbocycles. The third kappa shape index (κ3) is 3.24. The van der Waals surface area contributed by atoms with Crippen LogP contribution in [0.25, 0.3) is 11.1 Å². The van der Waals surface area contributed by atoms with Gasteiger partial charge >= 0.3 is 0 Å². The average Bonchev–Trinajstić information content (AvgIpc) is 2.99. The normalized spacial score (nSPS) is 23.5. The number of hydrogen-bond acceptors (Lipinski definition) is 3. The zero-order valence-electron chi connectivity index (χ0n) is 16.7. The molecule has 0 radical (unpaired) electrons. The lowest BCUT2D eigenvalue weighted by atomic mass is 9.85. The second-order valence-electron chi connectivity index (χ2n) is 8.39. The lowest BCUT2D eigenvalue weighted by Gasteiger charge is -2.43. The van der Waals surface area contributed by atoms with Crippen LogP contribution in [0.3, 0.4) is 0 Å². The van der Waals surface area contributed by atoms with Crippen molar-refractivity contribution >= 4 is 17.7 Å². The molecule has 0 bridgehead atoms. The van der Waals surface area contributed by atoms with Crippen molar-refractivity contribution in [3.05, 3.63) is 72.3 Å². The average molecular weight is 400 g/mol. The van der Waals surface area contributed by atoms with Gasteiger partial charge in [-0.3, -0.25) is 19.3 Å². The summed E-state index contributed by atoms with van der Waals surface area (Å²) >= 11 is 0. The van der Waals surface area contributed by atoms with Crippen LogP contribution in [0, 0.1) is 11.8 Å². The highest BCUT2D eigenvalue weighted by molar-refractivity contribution is 6.06. The van der Waals surface area contributed by atoms with Crippen LogP contribution in [0.15, 0.2) is 66.7 Å². The lowest BCUT2D eigenvalue weighted by Crippen LogP contribution is -2.62. The Morgan fingerprint density at radius 1 is 0.800 bits per heavy atom. The van der Waals surface area contributed by atoms with Crippen molar-refractivity contribution < 1.29 is 14.4 Å². The summed E-state index contributed by atoms with van der Waals surface area (Å²) in [6, 6.07) is 18.0. The van der Waals surface area contributed by atoms with Gasteiger partial charge in [-0.15, -0.1) is 0 Å². The molecule has 2 saturated heterocycles. The molecule has 2 unspecified atom stereocenters. The number of imide groups is 1. The van der Waals surface area contributed by atoms with Gasteiger partial charge in [-0.2, -0.15) is 0 Å². The molecule has 2 aromatic rings. The molecule has 2 atom stereocenters. The molecule has 5 rings (SSSR count). The molecular formula is C25H24N2O3. The van der Waals surface area contributed by atoms with E-state index in [0.717, 1.165) is 16.7 Å². The number of rotatable bonds is 4. The highest BCUT2D eigenvalue weighted by Crippen LogP contribution is 2.37. The van der Waals surface area contributed by atoms with Crippen LogP contribution in [-0.2, 0) is 20.8 Å². The van der Waals surface area contributed by atoms with Gasteiger partial charge in [-0.05, 0) is 29.5 Å². The van der Waals surface area contributed by atoms with E-state index in [1.165, 1.54) is 4.90 Å². The van der Waals surface area contributed by atoms with Crippen LogP contribution in [0.4, 0.5) is 0 Å². The van der Waals surface area contributed by atoms with Gasteiger partial charge in [0.2, 0.25) is 17.7 Å². The van der Waals surface area contributed by atoms with Crippen LogP contribution >= 0.6 is 0 Å². The van der Waals surface area contributed by atoms with Gasteiger partial charge in [0.25, 0.3) is 0 Å². The molecule has 2 aromatic carbocycles. The van der Waals surface area contributed by atoms with Crippen LogP contribution in [0.2, 0.25) is 0 Å². The van der Waals surface area contributed by atoms with Crippen molar-refractivity contribution in [3.63, 3.8) is 0 Å². The lowest BCUT2D eigenvalue weighted by molar-refractivity contribution is -0.152. The fraction of sp³-hybridized carbons (Fsp3) is 0.320. The largest absolute Gasteiger partial charge is 0.338 e. The van der Waals surface area contributed by atoms with E-state index < -0.39 is 0 Å². The fourth-order valence-corrected chi connectivity index (χ4v) is 4.74. The fourth-order valence-electron chi connectivity index (χ4n) is 4.74. The maximum atomic E-state index is 12.7. The van der Waals surface area contributed by atoms with E-state index >= 15 is 0 Å². The smallest absolute Gasteiger partial charge is 0.233 e. The predicted molar refractivity (Wildman–Crippen MR) is 113 cm³/mol. The number of benzene rings is 2. The molecular weight excluding hydrogens is 376 g/mol. The molecule has 0 aromatic heterocycles. The zero-order chi connectivity index (χ0) is 20.7. The molecule has 152 valence electrons. The Hall–Kier alpha value is -3.21. The topological polar surface area (TPSA) is 57.7 Å². The molecule has 0 N–H and O–H groups in total. The molecule has 5 heteroatoms. The Balaban J connectivity index is 1.17. The summed E-state index contributed by atoms with van der Waals surface area (Å²) in [4.78, 5) is 41.2. The molecule has 30 heavy (non-hydrogen) atoms. The highest BCUT2D eigenvalue weighted by atomic mass is 16.2. The maximum absolute atomic E-state index is 12.7. The van der Waals surface area contributed by atoms with Gasteiger partial charge in [0.05, 0.1) is 24.3 Å². The van der Waals surface area contributed by atoms with E-state index in [-0.39, 0.29) is 35.6 Å². The van der Waals surface area contributed by atoms with Gasteiger partial charge in [0.1, 0.15) is 0 Å². The summed E-state index contributed by atoms with van der Waals surface area (Å²) in [5, 5.41) is 0. The molecule has 2 heterocycles. The minimum absolute atomic E-state index is 0.0388. The molecule has 2 fully saturated rings. The number of fused-ring (bicyclic) bond motifs is 1. The summed E-state index contributed by atoms with van der Waals surface area (Å²) in [7, 11) is 0. The number of carbonyl (C=O) groups excluding carboxylic acids is 3. The second-order valence-corrected chi connectivity index (χ2v) is 8.39. The van der Waals surface area contributed by atoms with E-state index in [9.17, 15) is 14.4 Å². The molecule has 3 amide bonds. The standard InChI is InChI=1S/C25H24N2O3/c28-23(14-17-10-12-19(13-11-17)18-6-2-1-3-7-18)26-15-20(16-26)27-24(29)21-8-4-5-9-22(21)25(27)30/h1-7,10-13,20-22H,8-9,14-16H2. The van der Waals surface area contributed by atoms with E-state index in [2.05, 4.69) is 12.1 Å². The minimum atomic E-state index is -0.199. The first-order valence-electron chi connectivity index (χ1n) is 10.6. The number of allylic oxidation sites excluding steroid dienone is 2.